The largest absolute Gasteiger partial charge is 0.345 e. The summed E-state index contributed by atoms with van der Waals surface area (Å²) in [7, 11) is 1.94. The van der Waals surface area contributed by atoms with Crippen LogP contribution in [0.3, 0.4) is 0 Å². The Hall–Kier alpha value is -2.09. The molecular weight excluding hydrogens is 210 g/mol. The van der Waals surface area contributed by atoms with Gasteiger partial charge in [0.15, 0.2) is 5.78 Å². The van der Waals surface area contributed by atoms with E-state index in [4.69, 9.17) is 0 Å². The molecule has 0 spiro atoms. The van der Waals surface area contributed by atoms with Gasteiger partial charge in [0.2, 0.25) is 0 Å². The molecule has 0 saturated heterocycles. The van der Waals surface area contributed by atoms with Gasteiger partial charge >= 0.3 is 0 Å². The van der Waals surface area contributed by atoms with Crippen molar-refractivity contribution in [2.75, 3.05) is 0 Å². The van der Waals surface area contributed by atoms with Gasteiger partial charge in [0, 0.05) is 40.5 Å². The van der Waals surface area contributed by atoms with Crippen molar-refractivity contribution in [1.82, 2.24) is 4.57 Å². The number of carbonyl (C=O) groups excluding carboxylic acids is 1. The van der Waals surface area contributed by atoms with Crippen LogP contribution < -0.4 is 10.7 Å². The van der Waals surface area contributed by atoms with Crippen LogP contribution in [-0.4, -0.2) is 10.4 Å². The van der Waals surface area contributed by atoms with E-state index in [1.54, 1.807) is 0 Å². The molecule has 0 N–H and O–H groups in total. The van der Waals surface area contributed by atoms with E-state index in [1.807, 2.05) is 23.7 Å². The molecule has 0 amide bonds. The predicted octanol–water partition coefficient (Wildman–Crippen LogP) is 1.60. The molecule has 1 aliphatic carbocycles. The first kappa shape index (κ1) is 10.1. The molecule has 0 fully saturated rings. The Bertz CT molecular complexity index is 728. The number of hydrogen-bond acceptors (Lipinski definition) is 1. The van der Waals surface area contributed by atoms with Gasteiger partial charge in [0.05, 0.1) is 0 Å². The van der Waals surface area contributed by atoms with Crippen molar-refractivity contribution in [3.63, 3.8) is 0 Å². The second-order valence-corrected chi connectivity index (χ2v) is 4.60. The summed E-state index contributed by atoms with van der Waals surface area (Å²) < 4.78 is 1.95. The molecule has 2 nitrogen and oxygen atoms in total. The van der Waals surface area contributed by atoms with Crippen LogP contribution >= 0.6 is 0 Å². The normalized spacial score (nSPS) is 14.6. The van der Waals surface area contributed by atoms with Crippen LogP contribution in [0.25, 0.3) is 29.5 Å². The molecule has 84 valence electrons. The Labute approximate surface area is 99.2 Å². The standard InChI is InChI=1S/C15H13NO/c1-8-5-15(17)14-7-13-10(3)16(4)9(2)12(13)6-11(8)14/h6-7H,1-3,5H2,4H3. The number of allylic oxidation sites excluding steroid dienone is 1. The zero-order chi connectivity index (χ0) is 12.3. The van der Waals surface area contributed by atoms with E-state index in [0.717, 1.165) is 38.2 Å². The maximum Gasteiger partial charge on any atom is 0.167 e. The lowest BCUT2D eigenvalue weighted by molar-refractivity contribution is 0.100. The molecular formula is C15H13NO. The fourth-order valence-electron chi connectivity index (χ4n) is 2.51. The average molecular weight is 223 g/mol. The zero-order valence-electron chi connectivity index (χ0n) is 9.84. The highest BCUT2D eigenvalue weighted by molar-refractivity contribution is 6.14. The summed E-state index contributed by atoms with van der Waals surface area (Å²) in [6.07, 6.45) is 0.438. The van der Waals surface area contributed by atoms with Crippen LogP contribution in [0.4, 0.5) is 0 Å². The number of nitrogens with zero attached hydrogens (tertiary/aromatic N) is 1. The van der Waals surface area contributed by atoms with Crippen LogP contribution in [0.5, 0.6) is 0 Å². The minimum Gasteiger partial charge on any atom is -0.345 e. The summed E-state index contributed by atoms with van der Waals surface area (Å²) in [4.78, 5) is 11.8. The highest BCUT2D eigenvalue weighted by Crippen LogP contribution is 2.32. The quantitative estimate of drug-likeness (QED) is 0.665. The Morgan fingerprint density at radius 2 is 1.59 bits per heavy atom. The molecule has 0 aliphatic heterocycles. The maximum absolute atomic E-state index is 11.8. The van der Waals surface area contributed by atoms with Gasteiger partial charge in [0.25, 0.3) is 0 Å². The summed E-state index contributed by atoms with van der Waals surface area (Å²) in [6.45, 7) is 12.0. The first-order valence-corrected chi connectivity index (χ1v) is 5.52. The van der Waals surface area contributed by atoms with E-state index < -0.39 is 0 Å². The van der Waals surface area contributed by atoms with Crippen molar-refractivity contribution in [1.29, 1.82) is 0 Å². The maximum atomic E-state index is 11.8. The third-order valence-electron chi connectivity index (χ3n) is 3.64. The number of rotatable bonds is 0. The summed E-state index contributed by atoms with van der Waals surface area (Å²) in [5, 5.41) is 3.91. The van der Waals surface area contributed by atoms with Crippen LogP contribution in [0.2, 0.25) is 0 Å². The molecule has 0 bridgehead atoms. The van der Waals surface area contributed by atoms with Crippen LogP contribution in [-0.2, 0) is 7.05 Å². The van der Waals surface area contributed by atoms with Gasteiger partial charge in [-0.25, -0.2) is 0 Å². The third kappa shape index (κ3) is 1.12. The number of fused-ring (bicyclic) bond motifs is 2. The van der Waals surface area contributed by atoms with Crippen LogP contribution in [0.1, 0.15) is 22.3 Å². The van der Waals surface area contributed by atoms with E-state index in [0.29, 0.717) is 6.42 Å². The van der Waals surface area contributed by atoms with Gasteiger partial charge in [-0.3, -0.25) is 4.79 Å². The fourth-order valence-corrected chi connectivity index (χ4v) is 2.51. The molecule has 1 aromatic heterocycles. The van der Waals surface area contributed by atoms with Crippen molar-refractivity contribution in [3.05, 3.63) is 40.5 Å². The topological polar surface area (TPSA) is 22.0 Å². The summed E-state index contributed by atoms with van der Waals surface area (Å²) in [5.74, 6) is 0.153. The number of Topliss-reactive ketones (excluding diaryl/α,β-unsaturated/α-hetero) is 1. The molecule has 1 aromatic carbocycles. The van der Waals surface area contributed by atoms with E-state index in [-0.39, 0.29) is 5.78 Å². The van der Waals surface area contributed by atoms with Crippen molar-refractivity contribution < 1.29 is 4.79 Å². The second-order valence-electron chi connectivity index (χ2n) is 4.60. The molecule has 0 saturated carbocycles. The van der Waals surface area contributed by atoms with Gasteiger partial charge in [-0.15, -0.1) is 0 Å². The molecule has 2 heteroatoms. The van der Waals surface area contributed by atoms with Crippen molar-refractivity contribution in [2.24, 2.45) is 7.05 Å². The van der Waals surface area contributed by atoms with Gasteiger partial charge < -0.3 is 4.57 Å². The highest BCUT2D eigenvalue weighted by atomic mass is 16.1. The average Bonchev–Trinajstić information content (AvgIpc) is 2.70. The monoisotopic (exact) mass is 223 g/mol. The molecule has 17 heavy (non-hydrogen) atoms. The molecule has 1 heterocycles. The minimum atomic E-state index is 0.153. The molecule has 0 radical (unpaired) electrons. The number of ketones is 1. The first-order valence-electron chi connectivity index (χ1n) is 5.52. The highest BCUT2D eigenvalue weighted by Gasteiger charge is 2.23. The van der Waals surface area contributed by atoms with E-state index in [9.17, 15) is 4.79 Å². The van der Waals surface area contributed by atoms with Gasteiger partial charge in [-0.2, -0.15) is 0 Å². The lowest BCUT2D eigenvalue weighted by atomic mass is 10.0. The van der Waals surface area contributed by atoms with Crippen molar-refractivity contribution >= 4 is 35.3 Å². The number of aromatic nitrogens is 1. The van der Waals surface area contributed by atoms with Crippen molar-refractivity contribution in [3.8, 4) is 0 Å². The number of benzene rings is 1. The van der Waals surface area contributed by atoms with Crippen LogP contribution in [0, 0.1) is 0 Å². The Balaban J connectivity index is 2.56. The van der Waals surface area contributed by atoms with E-state index in [2.05, 4.69) is 19.7 Å². The molecule has 3 rings (SSSR count). The zero-order valence-corrected chi connectivity index (χ0v) is 9.84. The lowest BCUT2D eigenvalue weighted by Gasteiger charge is -1.98. The fraction of sp³-hybridized carbons (Fsp3) is 0.133. The summed E-state index contributed by atoms with van der Waals surface area (Å²) in [5.41, 5.74) is 2.65. The Kier molecular flexibility index (Phi) is 1.77. The van der Waals surface area contributed by atoms with Crippen LogP contribution in [0.15, 0.2) is 18.7 Å². The third-order valence-corrected chi connectivity index (χ3v) is 3.64. The van der Waals surface area contributed by atoms with Gasteiger partial charge in [-0.05, 0) is 23.3 Å². The minimum absolute atomic E-state index is 0.153. The van der Waals surface area contributed by atoms with Crippen molar-refractivity contribution in [2.45, 2.75) is 6.42 Å². The molecule has 0 unspecified atom stereocenters. The van der Waals surface area contributed by atoms with E-state index >= 15 is 0 Å². The Morgan fingerprint density at radius 1 is 1.06 bits per heavy atom. The number of carbonyl (C=O) groups is 1. The summed E-state index contributed by atoms with van der Waals surface area (Å²) in [6, 6.07) is 3.96. The van der Waals surface area contributed by atoms with E-state index in [1.165, 1.54) is 0 Å². The van der Waals surface area contributed by atoms with Gasteiger partial charge in [-0.1, -0.05) is 19.7 Å². The van der Waals surface area contributed by atoms with Gasteiger partial charge in [0.1, 0.15) is 0 Å². The smallest absolute Gasteiger partial charge is 0.167 e. The molecule has 2 aromatic rings. The SMILES string of the molecule is C=C1CC(=O)c2cc3c(=C)n(C)c(=C)c3cc21. The number of hydrogen-bond donors (Lipinski definition) is 0. The second kappa shape index (κ2) is 2.98. The predicted molar refractivity (Wildman–Crippen MR) is 71.2 cm³/mol. The first-order chi connectivity index (χ1) is 8.00. The molecule has 1 aliphatic rings. The molecule has 0 atom stereocenters. The lowest BCUT2D eigenvalue weighted by Crippen LogP contribution is -2.20. The Morgan fingerprint density at radius 3 is 2.18 bits per heavy atom. The summed E-state index contributed by atoms with van der Waals surface area (Å²) >= 11 is 0.